The molecule has 2 rings (SSSR count). The van der Waals surface area contributed by atoms with Crippen molar-refractivity contribution < 1.29 is 28.0 Å². The zero-order valence-electron chi connectivity index (χ0n) is 20.7. The number of benzene rings is 1. The molecule has 1 unspecified atom stereocenters. The van der Waals surface area contributed by atoms with Crippen molar-refractivity contribution in [3.63, 3.8) is 0 Å². The van der Waals surface area contributed by atoms with Crippen molar-refractivity contribution in [1.29, 1.82) is 0 Å². The SMILES string of the molecule is CCC(NC(=O)Cc1cc(F)cc(F)c1)C(=O)Nc1cc(C(=O)ON(CC(C)C)CC(C)C)n[nH]1. The predicted molar refractivity (Wildman–Crippen MR) is 126 cm³/mol. The standard InChI is InChI=1S/C24H33F2N5O4/c1-6-19(27-22(32)9-16-7-17(25)10-18(26)8-16)23(33)28-21-11-20(29-30-21)24(34)35-31(12-14(2)3)13-15(4)5/h7-8,10-11,14-15,19H,6,9,12-13H2,1-5H3,(H,27,32)(H2,28,29,30,33). The number of rotatable bonds is 12. The zero-order valence-corrected chi connectivity index (χ0v) is 20.7. The van der Waals surface area contributed by atoms with Crippen LogP contribution in [-0.2, 0) is 20.8 Å². The van der Waals surface area contributed by atoms with E-state index in [4.69, 9.17) is 4.84 Å². The highest BCUT2D eigenvalue weighted by Crippen LogP contribution is 2.12. The van der Waals surface area contributed by atoms with Gasteiger partial charge in [0.15, 0.2) is 5.69 Å². The molecule has 0 spiro atoms. The van der Waals surface area contributed by atoms with E-state index >= 15 is 0 Å². The highest BCUT2D eigenvalue weighted by molar-refractivity contribution is 5.97. The lowest BCUT2D eigenvalue weighted by Crippen LogP contribution is -2.44. The second-order valence-electron chi connectivity index (χ2n) is 9.15. The second kappa shape index (κ2) is 12.9. The Labute approximate surface area is 203 Å². The summed E-state index contributed by atoms with van der Waals surface area (Å²) < 4.78 is 26.7. The van der Waals surface area contributed by atoms with Crippen molar-refractivity contribution in [3.8, 4) is 0 Å². The number of nitrogens with zero attached hydrogens (tertiary/aromatic N) is 2. The summed E-state index contributed by atoms with van der Waals surface area (Å²) >= 11 is 0. The van der Waals surface area contributed by atoms with Crippen LogP contribution in [0.2, 0.25) is 0 Å². The summed E-state index contributed by atoms with van der Waals surface area (Å²) in [5, 5.41) is 13.2. The van der Waals surface area contributed by atoms with Crippen LogP contribution in [0.3, 0.4) is 0 Å². The van der Waals surface area contributed by atoms with E-state index in [0.717, 1.165) is 12.1 Å². The number of anilines is 1. The number of H-pyrrole nitrogens is 1. The van der Waals surface area contributed by atoms with Crippen LogP contribution in [0.1, 0.15) is 57.1 Å². The highest BCUT2D eigenvalue weighted by atomic mass is 19.1. The van der Waals surface area contributed by atoms with Gasteiger partial charge < -0.3 is 15.5 Å². The fourth-order valence-corrected chi connectivity index (χ4v) is 3.33. The van der Waals surface area contributed by atoms with Gasteiger partial charge >= 0.3 is 5.97 Å². The number of nitrogens with one attached hydrogen (secondary N) is 3. The molecule has 9 nitrogen and oxygen atoms in total. The van der Waals surface area contributed by atoms with E-state index in [0.29, 0.717) is 19.2 Å². The van der Waals surface area contributed by atoms with Gasteiger partial charge in [0.2, 0.25) is 11.8 Å². The van der Waals surface area contributed by atoms with Crippen LogP contribution in [0.25, 0.3) is 0 Å². The number of carbonyl (C=O) groups excluding carboxylic acids is 3. The van der Waals surface area contributed by atoms with E-state index in [-0.39, 0.29) is 41.8 Å². The van der Waals surface area contributed by atoms with E-state index in [1.54, 1.807) is 12.0 Å². The lowest BCUT2D eigenvalue weighted by atomic mass is 10.1. The van der Waals surface area contributed by atoms with Crippen LogP contribution in [-0.4, -0.2) is 52.2 Å². The molecule has 2 aromatic rings. The second-order valence-corrected chi connectivity index (χ2v) is 9.15. The molecule has 35 heavy (non-hydrogen) atoms. The average Bonchev–Trinajstić information content (AvgIpc) is 3.18. The summed E-state index contributed by atoms with van der Waals surface area (Å²) in [6.07, 6.45) is -0.0285. The Morgan fingerprint density at radius 3 is 2.17 bits per heavy atom. The third-order valence-electron chi connectivity index (χ3n) is 4.74. The fraction of sp³-hybridized carbons (Fsp3) is 0.500. The smallest absolute Gasteiger partial charge is 0.363 e. The molecule has 2 amide bonds. The van der Waals surface area contributed by atoms with Gasteiger partial charge in [-0.2, -0.15) is 5.10 Å². The van der Waals surface area contributed by atoms with Gasteiger partial charge in [-0.3, -0.25) is 14.7 Å². The van der Waals surface area contributed by atoms with E-state index in [9.17, 15) is 23.2 Å². The molecule has 192 valence electrons. The Morgan fingerprint density at radius 1 is 1.03 bits per heavy atom. The maximum Gasteiger partial charge on any atom is 0.377 e. The van der Waals surface area contributed by atoms with Crippen LogP contribution < -0.4 is 10.6 Å². The fourth-order valence-electron chi connectivity index (χ4n) is 3.33. The maximum atomic E-state index is 13.3. The van der Waals surface area contributed by atoms with Crippen molar-refractivity contribution in [2.24, 2.45) is 11.8 Å². The number of aromatic amines is 1. The Balaban J connectivity index is 1.95. The molecule has 0 bridgehead atoms. The van der Waals surface area contributed by atoms with Crippen molar-refractivity contribution >= 4 is 23.6 Å². The summed E-state index contributed by atoms with van der Waals surface area (Å²) in [6, 6.07) is 3.25. The number of carbonyl (C=O) groups is 3. The number of amides is 2. The molecule has 0 aliphatic heterocycles. The van der Waals surface area contributed by atoms with Gasteiger partial charge in [0, 0.05) is 25.2 Å². The number of hydrogen-bond acceptors (Lipinski definition) is 6. The van der Waals surface area contributed by atoms with E-state index in [1.807, 2.05) is 27.7 Å². The first kappa shape index (κ1) is 27.9. The first-order valence-corrected chi connectivity index (χ1v) is 11.5. The molecular weight excluding hydrogens is 460 g/mol. The first-order chi connectivity index (χ1) is 16.5. The maximum absolute atomic E-state index is 13.3. The van der Waals surface area contributed by atoms with E-state index in [1.165, 1.54) is 6.07 Å². The Kier molecular flexibility index (Phi) is 10.3. The molecule has 0 fully saturated rings. The van der Waals surface area contributed by atoms with Crippen molar-refractivity contribution in [2.45, 2.75) is 53.5 Å². The molecule has 0 radical (unpaired) electrons. The van der Waals surface area contributed by atoms with Crippen molar-refractivity contribution in [2.75, 3.05) is 18.4 Å². The quantitative estimate of drug-likeness (QED) is 0.390. The summed E-state index contributed by atoms with van der Waals surface area (Å²) in [5.74, 6) is -2.62. The van der Waals surface area contributed by atoms with Gasteiger partial charge in [0.1, 0.15) is 23.5 Å². The molecular formula is C24H33F2N5O4. The monoisotopic (exact) mass is 493 g/mol. The lowest BCUT2D eigenvalue weighted by Gasteiger charge is -2.24. The van der Waals surface area contributed by atoms with Gasteiger partial charge in [-0.25, -0.2) is 13.6 Å². The lowest BCUT2D eigenvalue weighted by molar-refractivity contribution is -0.126. The van der Waals surface area contributed by atoms with Gasteiger partial charge in [0.05, 0.1) is 6.42 Å². The average molecular weight is 494 g/mol. The molecule has 1 heterocycles. The summed E-state index contributed by atoms with van der Waals surface area (Å²) in [4.78, 5) is 42.9. The Morgan fingerprint density at radius 2 is 1.63 bits per heavy atom. The summed E-state index contributed by atoms with van der Waals surface area (Å²) in [6.45, 7) is 10.9. The van der Waals surface area contributed by atoms with Crippen LogP contribution in [0.4, 0.5) is 14.6 Å². The molecule has 3 N–H and O–H groups in total. The molecule has 0 saturated heterocycles. The predicted octanol–water partition coefficient (Wildman–Crippen LogP) is 3.45. The highest BCUT2D eigenvalue weighted by Gasteiger charge is 2.22. The van der Waals surface area contributed by atoms with Crippen LogP contribution >= 0.6 is 0 Å². The minimum atomic E-state index is -0.910. The molecule has 1 aromatic carbocycles. The molecule has 0 aliphatic carbocycles. The van der Waals surface area contributed by atoms with Gasteiger partial charge in [-0.15, -0.1) is 5.06 Å². The Hall–Kier alpha value is -3.34. The van der Waals surface area contributed by atoms with Crippen LogP contribution in [0, 0.1) is 23.5 Å². The normalized spacial score (nSPS) is 12.2. The number of hydrogen-bond donors (Lipinski definition) is 3. The Bertz CT molecular complexity index is 995. The van der Waals surface area contributed by atoms with Gasteiger partial charge in [-0.1, -0.05) is 34.6 Å². The topological polar surface area (TPSA) is 116 Å². The number of halogens is 2. The minimum Gasteiger partial charge on any atom is -0.363 e. The zero-order chi connectivity index (χ0) is 26.1. The van der Waals surface area contributed by atoms with Crippen molar-refractivity contribution in [1.82, 2.24) is 20.6 Å². The number of hydroxylamine groups is 2. The molecule has 0 saturated carbocycles. The first-order valence-electron chi connectivity index (χ1n) is 11.5. The molecule has 1 atom stereocenters. The van der Waals surface area contributed by atoms with Gasteiger partial charge in [-0.05, 0) is 36.0 Å². The van der Waals surface area contributed by atoms with E-state index in [2.05, 4.69) is 20.8 Å². The molecule has 11 heteroatoms. The van der Waals surface area contributed by atoms with Crippen LogP contribution in [0.5, 0.6) is 0 Å². The molecule has 1 aromatic heterocycles. The van der Waals surface area contributed by atoms with Crippen LogP contribution in [0.15, 0.2) is 24.3 Å². The summed E-state index contributed by atoms with van der Waals surface area (Å²) in [7, 11) is 0. The van der Waals surface area contributed by atoms with E-state index < -0.39 is 35.5 Å². The third kappa shape index (κ3) is 9.44. The number of aromatic nitrogens is 2. The van der Waals surface area contributed by atoms with Crippen molar-refractivity contribution in [3.05, 3.63) is 47.2 Å². The largest absolute Gasteiger partial charge is 0.377 e. The minimum absolute atomic E-state index is 0.0111. The third-order valence-corrected chi connectivity index (χ3v) is 4.74. The van der Waals surface area contributed by atoms with Gasteiger partial charge in [0.25, 0.3) is 0 Å². The summed E-state index contributed by atoms with van der Waals surface area (Å²) in [5.41, 5.74) is 0.138. The molecule has 0 aliphatic rings.